The second-order valence-electron chi connectivity index (χ2n) is 5.28. The fourth-order valence-corrected chi connectivity index (χ4v) is 3.00. The number of hydrogen-bond acceptors (Lipinski definition) is 3. The van der Waals surface area contributed by atoms with E-state index in [4.69, 9.17) is 10.8 Å². The molecule has 0 radical (unpaired) electrons. The molecule has 2 rings (SSSR count). The van der Waals surface area contributed by atoms with E-state index in [1.54, 1.807) is 6.07 Å². The molecular weight excluding hydrogens is 371 g/mol. The van der Waals surface area contributed by atoms with Gasteiger partial charge in [-0.3, -0.25) is 0 Å². The first-order valence-electron chi connectivity index (χ1n) is 7.14. The Labute approximate surface area is 141 Å². The van der Waals surface area contributed by atoms with Crippen LogP contribution in [0.3, 0.4) is 0 Å². The van der Waals surface area contributed by atoms with E-state index < -0.39 is 17.9 Å². The number of benzene rings is 1. The number of amides is 3. The maximum atomic E-state index is 14.0. The lowest BCUT2D eigenvalue weighted by Gasteiger charge is -2.30. The largest absolute Gasteiger partial charge is 0.465 e. The molecule has 5 N–H and O–H groups in total. The van der Waals surface area contributed by atoms with Gasteiger partial charge in [0.15, 0.2) is 0 Å². The van der Waals surface area contributed by atoms with Gasteiger partial charge in [0.25, 0.3) is 0 Å². The molecule has 0 saturated carbocycles. The summed E-state index contributed by atoms with van der Waals surface area (Å²) in [6.07, 6.45) is 0.0872. The third-order valence-corrected chi connectivity index (χ3v) is 4.30. The molecule has 0 unspecified atom stereocenters. The van der Waals surface area contributed by atoms with Crippen LogP contribution in [-0.4, -0.2) is 41.3 Å². The van der Waals surface area contributed by atoms with Crippen molar-refractivity contribution in [1.82, 2.24) is 10.2 Å². The highest BCUT2D eigenvalue weighted by Gasteiger charge is 2.23. The number of carbonyl (C=O) groups is 2. The number of carboxylic acid groups (broad SMARTS) is 1. The van der Waals surface area contributed by atoms with Crippen molar-refractivity contribution in [2.45, 2.75) is 25.4 Å². The van der Waals surface area contributed by atoms with Crippen LogP contribution in [0, 0.1) is 5.82 Å². The second-order valence-corrected chi connectivity index (χ2v) is 6.14. The van der Waals surface area contributed by atoms with Crippen molar-refractivity contribution in [3.05, 3.63) is 28.0 Å². The molecule has 9 heteroatoms. The highest BCUT2D eigenvalue weighted by molar-refractivity contribution is 9.10. The average molecular weight is 389 g/mol. The van der Waals surface area contributed by atoms with Gasteiger partial charge in [-0.05, 0) is 46.5 Å². The zero-order valence-corrected chi connectivity index (χ0v) is 13.9. The molecule has 0 bridgehead atoms. The van der Waals surface area contributed by atoms with Crippen LogP contribution in [0.15, 0.2) is 16.6 Å². The number of anilines is 1. The van der Waals surface area contributed by atoms with Gasteiger partial charge in [0.2, 0.25) is 0 Å². The van der Waals surface area contributed by atoms with Crippen LogP contribution in [0.4, 0.5) is 19.7 Å². The minimum Gasteiger partial charge on any atom is -0.465 e. The van der Waals surface area contributed by atoms with Crippen molar-refractivity contribution in [1.29, 1.82) is 0 Å². The third-order valence-electron chi connectivity index (χ3n) is 3.68. The van der Waals surface area contributed by atoms with Gasteiger partial charge in [-0.25, -0.2) is 14.0 Å². The van der Waals surface area contributed by atoms with Gasteiger partial charge in [-0.15, -0.1) is 0 Å². The van der Waals surface area contributed by atoms with E-state index in [2.05, 4.69) is 26.6 Å². The Balaban J connectivity index is 1.92. The molecule has 1 aromatic carbocycles. The van der Waals surface area contributed by atoms with Gasteiger partial charge in [0.05, 0.1) is 5.69 Å². The zero-order chi connectivity index (χ0) is 17.0. The molecule has 3 amide bonds. The molecule has 23 heavy (non-hydrogen) atoms. The Kier molecular flexibility index (Phi) is 5.78. The van der Waals surface area contributed by atoms with Crippen LogP contribution >= 0.6 is 15.9 Å². The second kappa shape index (κ2) is 7.60. The predicted molar refractivity (Wildman–Crippen MR) is 86.8 cm³/mol. The van der Waals surface area contributed by atoms with Crippen LogP contribution in [0.5, 0.6) is 0 Å². The third kappa shape index (κ3) is 4.55. The molecule has 0 spiro atoms. The fourth-order valence-electron chi connectivity index (χ4n) is 2.41. The Hall–Kier alpha value is -1.87. The molecule has 1 aromatic rings. The summed E-state index contributed by atoms with van der Waals surface area (Å²) in [7, 11) is 0. The first kappa shape index (κ1) is 17.5. The summed E-state index contributed by atoms with van der Waals surface area (Å²) in [5.41, 5.74) is 6.12. The molecule has 0 aromatic heterocycles. The van der Waals surface area contributed by atoms with Crippen LogP contribution in [0.1, 0.15) is 18.4 Å². The maximum absolute atomic E-state index is 14.0. The number of urea groups is 1. The van der Waals surface area contributed by atoms with Crippen LogP contribution < -0.4 is 16.4 Å². The summed E-state index contributed by atoms with van der Waals surface area (Å²) in [6.45, 7) is 0.928. The molecular formula is C14H18BrFN4O3. The van der Waals surface area contributed by atoms with Crippen molar-refractivity contribution >= 4 is 33.7 Å². The van der Waals surface area contributed by atoms with Crippen molar-refractivity contribution in [2.75, 3.05) is 18.4 Å². The van der Waals surface area contributed by atoms with Gasteiger partial charge in [-0.2, -0.15) is 0 Å². The Morgan fingerprint density at radius 3 is 2.57 bits per heavy atom. The number of nitrogens with one attached hydrogen (secondary N) is 2. The van der Waals surface area contributed by atoms with Gasteiger partial charge < -0.3 is 26.4 Å². The maximum Gasteiger partial charge on any atom is 0.407 e. The molecule has 1 aliphatic heterocycles. The lowest BCUT2D eigenvalue weighted by atomic mass is 10.1. The number of nitrogens with two attached hydrogens (primary N) is 1. The predicted octanol–water partition coefficient (Wildman–Crippen LogP) is 2.31. The quantitative estimate of drug-likeness (QED) is 0.636. The fraction of sp³-hybridized carbons (Fsp3) is 0.429. The minimum absolute atomic E-state index is 0.0441. The molecule has 1 saturated heterocycles. The minimum atomic E-state index is -0.959. The lowest BCUT2D eigenvalue weighted by molar-refractivity contribution is 0.130. The van der Waals surface area contributed by atoms with E-state index in [9.17, 15) is 14.0 Å². The van der Waals surface area contributed by atoms with Gasteiger partial charge >= 0.3 is 12.1 Å². The van der Waals surface area contributed by atoms with Crippen LogP contribution in [0.2, 0.25) is 0 Å². The average Bonchev–Trinajstić information content (AvgIpc) is 2.51. The molecule has 0 atom stereocenters. The Morgan fingerprint density at radius 1 is 1.39 bits per heavy atom. The van der Waals surface area contributed by atoms with E-state index in [1.165, 1.54) is 11.0 Å². The molecule has 1 fully saturated rings. The lowest BCUT2D eigenvalue weighted by Crippen LogP contribution is -2.47. The van der Waals surface area contributed by atoms with Gasteiger partial charge in [0.1, 0.15) is 5.82 Å². The van der Waals surface area contributed by atoms with Crippen LogP contribution in [-0.2, 0) is 6.54 Å². The summed E-state index contributed by atoms with van der Waals surface area (Å²) < 4.78 is 14.4. The molecule has 1 heterocycles. The Bertz CT molecular complexity index is 583. The van der Waals surface area contributed by atoms with E-state index in [-0.39, 0.29) is 18.3 Å². The number of rotatable bonds is 3. The highest BCUT2D eigenvalue weighted by atomic mass is 79.9. The standard InChI is InChI=1S/C14H18BrFN4O3/c15-10-5-8(7-17)6-11(16)12(10)19-13(21)18-9-1-3-20(4-2-9)14(22)23/h5-6,9H,1-4,7,17H2,(H,22,23)(H2,18,19,21). The first-order chi connectivity index (χ1) is 10.9. The molecule has 126 valence electrons. The summed E-state index contributed by atoms with van der Waals surface area (Å²) in [5.74, 6) is -0.573. The Morgan fingerprint density at radius 2 is 2.04 bits per heavy atom. The topological polar surface area (TPSA) is 108 Å². The normalized spacial score (nSPS) is 15.3. The zero-order valence-electron chi connectivity index (χ0n) is 12.3. The smallest absolute Gasteiger partial charge is 0.407 e. The van der Waals surface area contributed by atoms with Gasteiger partial charge in [-0.1, -0.05) is 0 Å². The highest BCUT2D eigenvalue weighted by Crippen LogP contribution is 2.27. The molecule has 1 aliphatic rings. The first-order valence-corrected chi connectivity index (χ1v) is 7.93. The number of hydrogen-bond donors (Lipinski definition) is 4. The van der Waals surface area contributed by atoms with E-state index in [1.807, 2.05) is 0 Å². The van der Waals surface area contributed by atoms with E-state index in [0.717, 1.165) is 0 Å². The SMILES string of the molecule is NCc1cc(F)c(NC(=O)NC2CCN(C(=O)O)CC2)c(Br)c1. The summed E-state index contributed by atoms with van der Waals surface area (Å²) in [4.78, 5) is 24.1. The summed E-state index contributed by atoms with van der Waals surface area (Å²) in [6, 6.07) is 2.24. The van der Waals surface area contributed by atoms with E-state index >= 15 is 0 Å². The number of piperidine rings is 1. The molecule has 0 aliphatic carbocycles. The summed E-state index contributed by atoms with van der Waals surface area (Å²) in [5, 5.41) is 14.1. The van der Waals surface area contributed by atoms with Crippen molar-refractivity contribution in [3.8, 4) is 0 Å². The van der Waals surface area contributed by atoms with Crippen LogP contribution in [0.25, 0.3) is 0 Å². The summed E-state index contributed by atoms with van der Waals surface area (Å²) >= 11 is 3.21. The monoisotopic (exact) mass is 388 g/mol. The number of halogens is 2. The molecule has 7 nitrogen and oxygen atoms in total. The van der Waals surface area contributed by atoms with Gasteiger partial charge in [0, 0.05) is 30.1 Å². The number of nitrogens with zero attached hydrogens (tertiary/aromatic N) is 1. The van der Waals surface area contributed by atoms with Crippen molar-refractivity contribution in [2.24, 2.45) is 5.73 Å². The number of carbonyl (C=O) groups excluding carboxylic acids is 1. The number of likely N-dealkylation sites (tertiary alicyclic amines) is 1. The van der Waals surface area contributed by atoms with Crippen molar-refractivity contribution < 1.29 is 19.1 Å². The van der Waals surface area contributed by atoms with Crippen molar-refractivity contribution in [3.63, 3.8) is 0 Å². The van der Waals surface area contributed by atoms with E-state index in [0.29, 0.717) is 36.0 Å².